The van der Waals surface area contributed by atoms with E-state index in [1.165, 1.54) is 24.3 Å². The Bertz CT molecular complexity index is 1230. The number of carbonyl (C=O) groups is 1. The maximum atomic E-state index is 13.2. The Morgan fingerprint density at radius 3 is 2.31 bits per heavy atom. The molecule has 2 aliphatic heterocycles. The Morgan fingerprint density at radius 2 is 1.69 bits per heavy atom. The number of benzene rings is 2. The smallest absolute Gasteiger partial charge is 0.432 e. The third kappa shape index (κ3) is 5.46. The fraction of sp³-hybridized carbons (Fsp3) is 0.381. The van der Waals surface area contributed by atoms with Crippen molar-refractivity contribution in [3.05, 3.63) is 82.2 Å². The summed E-state index contributed by atoms with van der Waals surface area (Å²) in [6.07, 6.45) is -7.76. The lowest BCUT2D eigenvalue weighted by molar-refractivity contribution is -0.331. The van der Waals surface area contributed by atoms with Crippen molar-refractivity contribution in [2.45, 2.75) is 42.4 Å². The van der Waals surface area contributed by atoms with Crippen LogP contribution in [0.3, 0.4) is 0 Å². The van der Waals surface area contributed by atoms with Crippen LogP contribution in [0.4, 0.5) is 13.2 Å². The molecular formula is C21H18F3N3O8S. The third-order valence-electron chi connectivity index (χ3n) is 5.32. The molecular weight excluding hydrogens is 511 g/mol. The summed E-state index contributed by atoms with van der Waals surface area (Å²) >= 11 is 0. The summed E-state index contributed by atoms with van der Waals surface area (Å²) in [5, 5.41) is 3.35. The minimum Gasteiger partial charge on any atom is -0.432 e. The normalized spacial score (nSPS) is 28.4. The van der Waals surface area contributed by atoms with Gasteiger partial charge in [0.15, 0.2) is 6.29 Å². The lowest BCUT2D eigenvalue weighted by Gasteiger charge is -2.47. The van der Waals surface area contributed by atoms with Gasteiger partial charge in [-0.05, 0) is 17.7 Å². The monoisotopic (exact) mass is 529 g/mol. The zero-order valence-corrected chi connectivity index (χ0v) is 18.9. The van der Waals surface area contributed by atoms with Crippen LogP contribution in [-0.2, 0) is 33.2 Å². The first kappa shape index (κ1) is 25.9. The summed E-state index contributed by atoms with van der Waals surface area (Å²) in [4.78, 5) is 15.1. The van der Waals surface area contributed by atoms with Crippen molar-refractivity contribution in [2.24, 2.45) is 5.11 Å². The van der Waals surface area contributed by atoms with Gasteiger partial charge in [-0.2, -0.15) is 21.6 Å². The van der Waals surface area contributed by atoms with E-state index in [4.69, 9.17) is 24.5 Å². The predicted molar refractivity (Wildman–Crippen MR) is 113 cm³/mol. The van der Waals surface area contributed by atoms with Crippen LogP contribution in [-0.4, -0.2) is 57.1 Å². The number of esters is 1. The molecule has 0 spiro atoms. The van der Waals surface area contributed by atoms with Crippen LogP contribution in [0.15, 0.2) is 65.8 Å². The lowest BCUT2D eigenvalue weighted by Crippen LogP contribution is -2.63. The van der Waals surface area contributed by atoms with E-state index in [0.717, 1.165) is 0 Å². The fourth-order valence-corrected chi connectivity index (χ4v) is 4.30. The topological polar surface area (TPSA) is 146 Å². The molecule has 0 aromatic heterocycles. The highest BCUT2D eigenvalue weighted by Crippen LogP contribution is 2.39. The number of azide groups is 1. The van der Waals surface area contributed by atoms with E-state index in [2.05, 4.69) is 14.2 Å². The van der Waals surface area contributed by atoms with Gasteiger partial charge in [-0.3, -0.25) is 4.18 Å². The van der Waals surface area contributed by atoms with Gasteiger partial charge in [0.1, 0.15) is 24.4 Å². The number of hydrogen-bond donors (Lipinski definition) is 0. The van der Waals surface area contributed by atoms with Crippen LogP contribution in [0.2, 0.25) is 0 Å². The van der Waals surface area contributed by atoms with Crippen molar-refractivity contribution < 1.29 is 49.5 Å². The van der Waals surface area contributed by atoms with Crippen molar-refractivity contribution in [1.29, 1.82) is 0 Å². The fourth-order valence-electron chi connectivity index (χ4n) is 3.68. The number of halogens is 3. The number of rotatable bonds is 6. The van der Waals surface area contributed by atoms with Crippen LogP contribution < -0.4 is 0 Å². The lowest BCUT2D eigenvalue weighted by atomic mass is 9.96. The van der Waals surface area contributed by atoms with Crippen molar-refractivity contribution in [1.82, 2.24) is 0 Å². The Hall–Kier alpha value is -3.20. The highest BCUT2D eigenvalue weighted by molar-refractivity contribution is 7.87. The maximum absolute atomic E-state index is 13.2. The average Bonchev–Trinajstić information content (AvgIpc) is 2.86. The largest absolute Gasteiger partial charge is 0.523 e. The van der Waals surface area contributed by atoms with E-state index in [-0.39, 0.29) is 12.2 Å². The van der Waals surface area contributed by atoms with Gasteiger partial charge in [0.2, 0.25) is 6.29 Å². The van der Waals surface area contributed by atoms with Crippen molar-refractivity contribution in [3.8, 4) is 0 Å². The first-order valence-corrected chi connectivity index (χ1v) is 11.8. The van der Waals surface area contributed by atoms with Crippen molar-refractivity contribution >= 4 is 16.1 Å². The Balaban J connectivity index is 1.68. The first-order chi connectivity index (χ1) is 17.1. The van der Waals surface area contributed by atoms with Gasteiger partial charge < -0.3 is 18.9 Å². The molecule has 0 N–H and O–H groups in total. The highest BCUT2D eigenvalue weighted by atomic mass is 32.2. The molecule has 2 aromatic rings. The number of nitrogens with zero attached hydrogens (tertiary/aromatic N) is 3. The molecule has 0 unspecified atom stereocenters. The quantitative estimate of drug-likeness (QED) is 0.138. The SMILES string of the molecule is [N-]=[N+]=N[C@H]1[C@H](OC(=O)c2ccccc2)O[C@@H]2CO[C@@H](c3ccccc3)O[C@H]2[C@@H]1OS(=O)(=O)C(F)(F)F. The number of fused-ring (bicyclic) bond motifs is 1. The molecule has 4 rings (SSSR count). The molecule has 15 heteroatoms. The molecule has 6 atom stereocenters. The average molecular weight is 529 g/mol. The summed E-state index contributed by atoms with van der Waals surface area (Å²) < 4.78 is 90.2. The van der Waals surface area contributed by atoms with Gasteiger partial charge >= 0.3 is 21.6 Å². The van der Waals surface area contributed by atoms with E-state index in [9.17, 15) is 26.4 Å². The molecule has 2 heterocycles. The van der Waals surface area contributed by atoms with Crippen LogP contribution >= 0.6 is 0 Å². The van der Waals surface area contributed by atoms with Crippen LogP contribution in [0.5, 0.6) is 0 Å². The predicted octanol–water partition coefficient (Wildman–Crippen LogP) is 3.60. The molecule has 0 aliphatic carbocycles. The minimum absolute atomic E-state index is 0.0589. The second-order valence-corrected chi connectivity index (χ2v) is 9.21. The van der Waals surface area contributed by atoms with Crippen LogP contribution in [0, 0.1) is 0 Å². The molecule has 2 aromatic carbocycles. The van der Waals surface area contributed by atoms with Crippen molar-refractivity contribution in [3.63, 3.8) is 0 Å². The van der Waals surface area contributed by atoms with E-state index in [1.807, 2.05) is 0 Å². The zero-order valence-electron chi connectivity index (χ0n) is 18.1. The Labute approximate surface area is 202 Å². The molecule has 0 radical (unpaired) electrons. The van der Waals surface area contributed by atoms with E-state index in [1.54, 1.807) is 36.4 Å². The second-order valence-electron chi connectivity index (χ2n) is 7.65. The molecule has 192 valence electrons. The van der Waals surface area contributed by atoms with Crippen LogP contribution in [0.1, 0.15) is 22.2 Å². The summed E-state index contributed by atoms with van der Waals surface area (Å²) in [7, 11) is -6.19. The van der Waals surface area contributed by atoms with E-state index in [0.29, 0.717) is 5.56 Å². The van der Waals surface area contributed by atoms with Gasteiger partial charge in [0.25, 0.3) is 0 Å². The van der Waals surface area contributed by atoms with Gasteiger partial charge in [0.05, 0.1) is 12.2 Å². The van der Waals surface area contributed by atoms with Gasteiger partial charge in [-0.15, -0.1) is 0 Å². The molecule has 0 saturated carbocycles. The molecule has 36 heavy (non-hydrogen) atoms. The highest BCUT2D eigenvalue weighted by Gasteiger charge is 2.57. The second kappa shape index (κ2) is 10.4. The zero-order chi connectivity index (χ0) is 25.9. The van der Waals surface area contributed by atoms with Gasteiger partial charge in [-0.25, -0.2) is 4.79 Å². The maximum Gasteiger partial charge on any atom is 0.523 e. The van der Waals surface area contributed by atoms with E-state index >= 15 is 0 Å². The summed E-state index contributed by atoms with van der Waals surface area (Å²) in [6.45, 7) is -0.293. The standard InChI is InChI=1S/C21H18F3N3O8S/c22-21(23,24)36(29,30)35-17-15(26-27-25)20(34-18(28)12-7-3-1-4-8-12)32-14-11-31-19(33-16(14)17)13-9-5-2-6-10-13/h1-10,14-17,19-20H,11H2/t14-,15-,16-,17-,19-,20+/m1/s1. The van der Waals surface area contributed by atoms with Crippen molar-refractivity contribution in [2.75, 3.05) is 6.61 Å². The van der Waals surface area contributed by atoms with Gasteiger partial charge in [0, 0.05) is 10.5 Å². The summed E-state index contributed by atoms with van der Waals surface area (Å²) in [6, 6.07) is 13.9. The molecule has 2 fully saturated rings. The molecule has 0 amide bonds. The number of ether oxygens (including phenoxy) is 4. The third-order valence-corrected chi connectivity index (χ3v) is 6.36. The summed E-state index contributed by atoms with van der Waals surface area (Å²) in [5.41, 5.74) is 3.81. The van der Waals surface area contributed by atoms with Gasteiger partial charge in [-0.1, -0.05) is 53.6 Å². The summed E-state index contributed by atoms with van der Waals surface area (Å²) in [5.74, 6) is -0.963. The number of hydrogen-bond acceptors (Lipinski definition) is 9. The first-order valence-electron chi connectivity index (χ1n) is 10.4. The number of carbonyl (C=O) groups excluding carboxylic acids is 1. The molecule has 0 bridgehead atoms. The Kier molecular flexibility index (Phi) is 7.49. The Morgan fingerprint density at radius 1 is 1.06 bits per heavy atom. The number of alkyl halides is 3. The molecule has 2 saturated heterocycles. The molecule has 11 nitrogen and oxygen atoms in total. The minimum atomic E-state index is -6.19. The van der Waals surface area contributed by atoms with E-state index < -0.39 is 58.5 Å². The van der Waals surface area contributed by atoms with Crippen LogP contribution in [0.25, 0.3) is 10.4 Å². The molecule has 2 aliphatic rings.